The van der Waals surface area contributed by atoms with Crippen LogP contribution in [0.25, 0.3) is 0 Å². The molecule has 0 aliphatic heterocycles. The van der Waals surface area contributed by atoms with Crippen LogP contribution >= 0.6 is 0 Å². The van der Waals surface area contributed by atoms with Gasteiger partial charge >= 0.3 is 0 Å². The third-order valence-corrected chi connectivity index (χ3v) is 2.53. The van der Waals surface area contributed by atoms with E-state index >= 15 is 0 Å². The molecule has 0 aliphatic carbocycles. The fraction of sp³-hybridized carbons (Fsp3) is 0.357. The van der Waals surface area contributed by atoms with Gasteiger partial charge in [-0.05, 0) is 31.0 Å². The van der Waals surface area contributed by atoms with Gasteiger partial charge < -0.3 is 10.1 Å². The van der Waals surface area contributed by atoms with Gasteiger partial charge in [-0.3, -0.25) is 4.79 Å². The monoisotopic (exact) mass is 231 g/mol. The zero-order valence-corrected chi connectivity index (χ0v) is 10.2. The van der Waals surface area contributed by atoms with Crippen LogP contribution in [0, 0.1) is 26.2 Å². The minimum absolute atomic E-state index is 0.0896. The van der Waals surface area contributed by atoms with Crippen LogP contribution < -0.4 is 10.1 Å². The van der Waals surface area contributed by atoms with Gasteiger partial charge in [0, 0.05) is 0 Å². The predicted octanol–water partition coefficient (Wildman–Crippen LogP) is 1.82. The molecule has 90 valence electrons. The lowest BCUT2D eigenvalue weighted by Gasteiger charge is -2.10. The van der Waals surface area contributed by atoms with Crippen molar-refractivity contribution in [2.75, 3.05) is 13.2 Å². The van der Waals surface area contributed by atoms with Crippen LogP contribution in [0.15, 0.2) is 18.2 Å². The molecule has 1 aromatic carbocycles. The fourth-order valence-corrected chi connectivity index (χ4v) is 1.37. The number of terminal acetylenes is 1. The van der Waals surface area contributed by atoms with Crippen molar-refractivity contribution in [2.24, 2.45) is 0 Å². The Labute approximate surface area is 102 Å². The fourth-order valence-electron chi connectivity index (χ4n) is 1.37. The Kier molecular flexibility index (Phi) is 5.09. The zero-order chi connectivity index (χ0) is 12.7. The molecule has 1 rings (SSSR count). The minimum Gasteiger partial charge on any atom is -0.493 e. The average molecular weight is 231 g/mol. The van der Waals surface area contributed by atoms with Gasteiger partial charge in [0.2, 0.25) is 5.91 Å². The number of hydrogen-bond acceptors (Lipinski definition) is 2. The first-order valence-electron chi connectivity index (χ1n) is 5.54. The summed E-state index contributed by atoms with van der Waals surface area (Å²) < 4.78 is 5.56. The first-order chi connectivity index (χ1) is 8.15. The quantitative estimate of drug-likeness (QED) is 0.785. The van der Waals surface area contributed by atoms with Crippen molar-refractivity contribution in [1.82, 2.24) is 5.32 Å². The Morgan fingerprint density at radius 1 is 1.47 bits per heavy atom. The van der Waals surface area contributed by atoms with Gasteiger partial charge in [0.25, 0.3) is 0 Å². The van der Waals surface area contributed by atoms with Crippen LogP contribution in [0.2, 0.25) is 0 Å². The standard InChI is InChI=1S/C14H17NO2/c1-4-9-15-14(16)8-10-17-13-7-5-6-11(2)12(13)3/h1,5-7H,8-10H2,2-3H3,(H,15,16). The molecule has 0 fully saturated rings. The number of hydrogen-bond donors (Lipinski definition) is 1. The van der Waals surface area contributed by atoms with E-state index in [9.17, 15) is 4.79 Å². The summed E-state index contributed by atoms with van der Waals surface area (Å²) in [5.41, 5.74) is 2.29. The normalized spacial score (nSPS) is 9.47. The third-order valence-electron chi connectivity index (χ3n) is 2.53. The molecule has 1 aromatic rings. The second-order valence-corrected chi connectivity index (χ2v) is 3.78. The molecular formula is C14H17NO2. The highest BCUT2D eigenvalue weighted by Crippen LogP contribution is 2.20. The summed E-state index contributed by atoms with van der Waals surface area (Å²) in [4.78, 5) is 11.3. The average Bonchev–Trinajstić information content (AvgIpc) is 2.32. The van der Waals surface area contributed by atoms with E-state index in [0.717, 1.165) is 11.3 Å². The maximum Gasteiger partial charge on any atom is 0.224 e. The van der Waals surface area contributed by atoms with E-state index in [4.69, 9.17) is 11.2 Å². The van der Waals surface area contributed by atoms with Gasteiger partial charge in [0.05, 0.1) is 19.6 Å². The molecule has 0 radical (unpaired) electrons. The Bertz CT molecular complexity index is 432. The van der Waals surface area contributed by atoms with Crippen LogP contribution in [0.1, 0.15) is 17.5 Å². The molecule has 0 aliphatic rings. The summed E-state index contributed by atoms with van der Waals surface area (Å²) >= 11 is 0. The topological polar surface area (TPSA) is 38.3 Å². The number of nitrogens with one attached hydrogen (secondary N) is 1. The van der Waals surface area contributed by atoms with E-state index in [1.54, 1.807) is 0 Å². The molecule has 17 heavy (non-hydrogen) atoms. The van der Waals surface area contributed by atoms with E-state index in [2.05, 4.69) is 11.2 Å². The Morgan fingerprint density at radius 2 is 2.24 bits per heavy atom. The van der Waals surface area contributed by atoms with Gasteiger partial charge in [-0.1, -0.05) is 18.1 Å². The molecule has 1 amide bonds. The van der Waals surface area contributed by atoms with E-state index in [0.29, 0.717) is 13.0 Å². The smallest absolute Gasteiger partial charge is 0.224 e. The molecule has 3 nitrogen and oxygen atoms in total. The molecule has 0 atom stereocenters. The van der Waals surface area contributed by atoms with Gasteiger partial charge in [0.15, 0.2) is 0 Å². The van der Waals surface area contributed by atoms with E-state index in [1.807, 2.05) is 32.0 Å². The molecule has 0 saturated carbocycles. The SMILES string of the molecule is C#CCNC(=O)CCOc1cccc(C)c1C. The number of ether oxygens (including phenoxy) is 1. The van der Waals surface area contributed by atoms with Crippen LogP contribution in [0.5, 0.6) is 5.75 Å². The second kappa shape index (κ2) is 6.59. The Morgan fingerprint density at radius 3 is 2.94 bits per heavy atom. The van der Waals surface area contributed by atoms with Gasteiger partial charge in [-0.25, -0.2) is 0 Å². The van der Waals surface area contributed by atoms with Crippen molar-refractivity contribution in [3.05, 3.63) is 29.3 Å². The van der Waals surface area contributed by atoms with Crippen molar-refractivity contribution < 1.29 is 9.53 Å². The lowest BCUT2D eigenvalue weighted by Crippen LogP contribution is -2.25. The summed E-state index contributed by atoms with van der Waals surface area (Å²) in [6.45, 7) is 4.66. The molecule has 0 saturated heterocycles. The van der Waals surface area contributed by atoms with Crippen LogP contribution in [0.4, 0.5) is 0 Å². The first kappa shape index (κ1) is 13.1. The lowest BCUT2D eigenvalue weighted by molar-refractivity contribution is -0.121. The van der Waals surface area contributed by atoms with Crippen molar-refractivity contribution in [3.8, 4) is 18.1 Å². The van der Waals surface area contributed by atoms with Crippen molar-refractivity contribution >= 4 is 5.91 Å². The molecule has 3 heteroatoms. The number of benzene rings is 1. The number of carbonyl (C=O) groups excluding carboxylic acids is 1. The highest BCUT2D eigenvalue weighted by molar-refractivity contribution is 5.76. The minimum atomic E-state index is -0.0896. The van der Waals surface area contributed by atoms with E-state index in [-0.39, 0.29) is 12.5 Å². The summed E-state index contributed by atoms with van der Waals surface area (Å²) in [7, 11) is 0. The maximum absolute atomic E-state index is 11.3. The maximum atomic E-state index is 11.3. The lowest BCUT2D eigenvalue weighted by atomic mass is 10.1. The largest absolute Gasteiger partial charge is 0.493 e. The van der Waals surface area contributed by atoms with Gasteiger partial charge in [-0.15, -0.1) is 6.42 Å². The molecule has 1 N–H and O–H groups in total. The number of aryl methyl sites for hydroxylation is 1. The number of rotatable bonds is 5. The van der Waals surface area contributed by atoms with Crippen molar-refractivity contribution in [3.63, 3.8) is 0 Å². The number of carbonyl (C=O) groups is 1. The molecule has 0 spiro atoms. The second-order valence-electron chi connectivity index (χ2n) is 3.78. The van der Waals surface area contributed by atoms with Crippen LogP contribution in [-0.4, -0.2) is 19.1 Å². The third kappa shape index (κ3) is 4.20. The summed E-state index contributed by atoms with van der Waals surface area (Å²) in [5, 5.41) is 2.59. The molecule has 0 aromatic heterocycles. The Hall–Kier alpha value is -1.95. The summed E-state index contributed by atoms with van der Waals surface area (Å²) in [6.07, 6.45) is 5.35. The highest BCUT2D eigenvalue weighted by atomic mass is 16.5. The molecule has 0 bridgehead atoms. The van der Waals surface area contributed by atoms with Crippen LogP contribution in [-0.2, 0) is 4.79 Å². The Balaban J connectivity index is 2.39. The molecular weight excluding hydrogens is 214 g/mol. The van der Waals surface area contributed by atoms with Crippen molar-refractivity contribution in [1.29, 1.82) is 0 Å². The van der Waals surface area contributed by atoms with Gasteiger partial charge in [0.1, 0.15) is 5.75 Å². The molecule has 0 unspecified atom stereocenters. The van der Waals surface area contributed by atoms with Gasteiger partial charge in [-0.2, -0.15) is 0 Å². The molecule has 0 heterocycles. The summed E-state index contributed by atoms with van der Waals surface area (Å²) in [5.74, 6) is 3.09. The first-order valence-corrected chi connectivity index (χ1v) is 5.54. The zero-order valence-electron chi connectivity index (χ0n) is 10.2. The van der Waals surface area contributed by atoms with E-state index < -0.39 is 0 Å². The predicted molar refractivity (Wildman–Crippen MR) is 67.9 cm³/mol. The van der Waals surface area contributed by atoms with Crippen LogP contribution in [0.3, 0.4) is 0 Å². The van der Waals surface area contributed by atoms with E-state index in [1.165, 1.54) is 5.56 Å². The summed E-state index contributed by atoms with van der Waals surface area (Å²) in [6, 6.07) is 5.87. The number of amides is 1. The van der Waals surface area contributed by atoms with Crippen molar-refractivity contribution in [2.45, 2.75) is 20.3 Å². The highest BCUT2D eigenvalue weighted by Gasteiger charge is 2.03.